The number of nitrogens with zero attached hydrogens (tertiary/aromatic N) is 3. The highest BCUT2D eigenvalue weighted by Gasteiger charge is 2.13. The van der Waals surface area contributed by atoms with Gasteiger partial charge in [0.25, 0.3) is 5.91 Å². The molecule has 1 amide bonds. The van der Waals surface area contributed by atoms with Crippen molar-refractivity contribution in [2.24, 2.45) is 0 Å². The van der Waals surface area contributed by atoms with Gasteiger partial charge in [0.05, 0.1) is 12.7 Å². The van der Waals surface area contributed by atoms with E-state index in [1.165, 1.54) is 6.20 Å². The molecule has 1 aliphatic rings. The van der Waals surface area contributed by atoms with Crippen molar-refractivity contribution in [2.75, 3.05) is 53.4 Å². The molecule has 6 heteroatoms. The summed E-state index contributed by atoms with van der Waals surface area (Å²) in [6.45, 7) is 6.22. The summed E-state index contributed by atoms with van der Waals surface area (Å²) in [5.74, 6) is 0.435. The van der Waals surface area contributed by atoms with Gasteiger partial charge in [-0.05, 0) is 26.1 Å². The van der Waals surface area contributed by atoms with Crippen LogP contribution < -0.4 is 10.1 Å². The van der Waals surface area contributed by atoms with E-state index in [2.05, 4.69) is 27.1 Å². The Balaban J connectivity index is 1.64. The summed E-state index contributed by atoms with van der Waals surface area (Å²) in [5.41, 5.74) is 0.565. The molecule has 0 unspecified atom stereocenters. The highest BCUT2D eigenvalue weighted by Crippen LogP contribution is 2.06. The highest BCUT2D eigenvalue weighted by molar-refractivity contribution is 5.93. The summed E-state index contributed by atoms with van der Waals surface area (Å²) >= 11 is 0. The second kappa shape index (κ2) is 7.95. The Bertz CT molecular complexity index is 441. The van der Waals surface area contributed by atoms with Crippen molar-refractivity contribution in [1.29, 1.82) is 0 Å². The van der Waals surface area contributed by atoms with Crippen LogP contribution >= 0.6 is 0 Å². The lowest BCUT2D eigenvalue weighted by molar-refractivity contribution is 0.0949. The molecule has 1 aromatic heterocycles. The first-order valence-corrected chi connectivity index (χ1v) is 7.38. The fourth-order valence-corrected chi connectivity index (χ4v) is 2.31. The highest BCUT2D eigenvalue weighted by atomic mass is 16.5. The maximum atomic E-state index is 11.9. The van der Waals surface area contributed by atoms with E-state index in [1.54, 1.807) is 19.2 Å². The minimum atomic E-state index is -0.0801. The van der Waals surface area contributed by atoms with Gasteiger partial charge in [0, 0.05) is 45.0 Å². The predicted molar refractivity (Wildman–Crippen MR) is 81.7 cm³/mol. The van der Waals surface area contributed by atoms with Gasteiger partial charge in [0.15, 0.2) is 0 Å². The van der Waals surface area contributed by atoms with Crippen molar-refractivity contribution in [3.05, 3.63) is 23.9 Å². The number of hydrogen-bond donors (Lipinski definition) is 1. The first-order valence-electron chi connectivity index (χ1n) is 7.38. The lowest BCUT2D eigenvalue weighted by Gasteiger charge is -2.32. The Labute approximate surface area is 126 Å². The second-order valence-electron chi connectivity index (χ2n) is 5.34. The summed E-state index contributed by atoms with van der Waals surface area (Å²) < 4.78 is 4.97. The van der Waals surface area contributed by atoms with Gasteiger partial charge in [-0.3, -0.25) is 4.79 Å². The summed E-state index contributed by atoms with van der Waals surface area (Å²) in [5, 5.41) is 2.93. The zero-order valence-corrected chi connectivity index (χ0v) is 12.8. The van der Waals surface area contributed by atoms with Crippen LogP contribution in [0.3, 0.4) is 0 Å². The van der Waals surface area contributed by atoms with Crippen LogP contribution in [0.2, 0.25) is 0 Å². The number of rotatable bonds is 6. The number of ether oxygens (including phenoxy) is 1. The van der Waals surface area contributed by atoms with Crippen LogP contribution in [0.15, 0.2) is 18.3 Å². The molecule has 0 radical (unpaired) electrons. The molecule has 6 nitrogen and oxygen atoms in total. The third-order valence-electron chi connectivity index (χ3n) is 3.74. The normalized spacial score (nSPS) is 16.7. The maximum absolute atomic E-state index is 11.9. The molecule has 0 saturated carbocycles. The molecule has 1 saturated heterocycles. The van der Waals surface area contributed by atoms with Gasteiger partial charge in [-0.2, -0.15) is 0 Å². The molecule has 21 heavy (non-hydrogen) atoms. The van der Waals surface area contributed by atoms with E-state index < -0.39 is 0 Å². The third-order valence-corrected chi connectivity index (χ3v) is 3.74. The van der Waals surface area contributed by atoms with Crippen molar-refractivity contribution in [3.63, 3.8) is 0 Å². The Kier molecular flexibility index (Phi) is 5.95. The van der Waals surface area contributed by atoms with Crippen LogP contribution in [-0.2, 0) is 0 Å². The Morgan fingerprint density at radius 3 is 2.71 bits per heavy atom. The van der Waals surface area contributed by atoms with Gasteiger partial charge < -0.3 is 19.9 Å². The van der Waals surface area contributed by atoms with Crippen LogP contribution in [0.1, 0.15) is 16.8 Å². The van der Waals surface area contributed by atoms with E-state index in [-0.39, 0.29) is 5.91 Å². The number of aromatic nitrogens is 1. The minimum Gasteiger partial charge on any atom is -0.481 e. The summed E-state index contributed by atoms with van der Waals surface area (Å²) in [4.78, 5) is 20.7. The van der Waals surface area contributed by atoms with Gasteiger partial charge in [0.1, 0.15) is 0 Å². The van der Waals surface area contributed by atoms with Gasteiger partial charge in [-0.1, -0.05) is 0 Å². The van der Waals surface area contributed by atoms with Crippen molar-refractivity contribution < 1.29 is 9.53 Å². The molecule has 0 aliphatic carbocycles. The molecule has 2 rings (SSSR count). The predicted octanol–water partition coefficient (Wildman–Crippen LogP) is 0.458. The van der Waals surface area contributed by atoms with Crippen molar-refractivity contribution in [2.45, 2.75) is 6.42 Å². The van der Waals surface area contributed by atoms with Crippen LogP contribution in [0.4, 0.5) is 0 Å². The molecule has 1 fully saturated rings. The topological polar surface area (TPSA) is 57.7 Å². The number of nitrogens with one attached hydrogen (secondary N) is 1. The SMILES string of the molecule is COc1ccc(C(=O)NCCCN2CCN(C)CC2)cn1. The van der Waals surface area contributed by atoms with Gasteiger partial charge in [0.2, 0.25) is 5.88 Å². The van der Waals surface area contributed by atoms with Crippen molar-refractivity contribution >= 4 is 5.91 Å². The van der Waals surface area contributed by atoms with E-state index >= 15 is 0 Å². The smallest absolute Gasteiger partial charge is 0.252 e. The minimum absolute atomic E-state index is 0.0801. The molecule has 1 aliphatic heterocycles. The molecule has 116 valence electrons. The Morgan fingerprint density at radius 2 is 2.10 bits per heavy atom. The molecule has 0 atom stereocenters. The molecule has 0 aromatic carbocycles. The molecular formula is C15H24N4O2. The number of likely N-dealkylation sites (N-methyl/N-ethyl adjacent to an activating group) is 1. The number of pyridine rings is 1. The van der Waals surface area contributed by atoms with E-state index in [0.29, 0.717) is 18.0 Å². The molecule has 2 heterocycles. The standard InChI is InChI=1S/C15H24N4O2/c1-18-8-10-19(11-9-18)7-3-6-16-15(20)13-4-5-14(21-2)17-12-13/h4-5,12H,3,6-11H2,1-2H3,(H,16,20). The van der Waals surface area contributed by atoms with E-state index in [1.807, 2.05) is 0 Å². The van der Waals surface area contributed by atoms with Gasteiger partial charge in [-0.25, -0.2) is 4.98 Å². The number of piperazine rings is 1. The van der Waals surface area contributed by atoms with Gasteiger partial charge in [-0.15, -0.1) is 0 Å². The largest absolute Gasteiger partial charge is 0.481 e. The number of methoxy groups -OCH3 is 1. The molecular weight excluding hydrogens is 268 g/mol. The van der Waals surface area contributed by atoms with Crippen LogP contribution in [-0.4, -0.2) is 74.1 Å². The molecule has 0 spiro atoms. The van der Waals surface area contributed by atoms with Crippen LogP contribution in [0.5, 0.6) is 5.88 Å². The van der Waals surface area contributed by atoms with Crippen LogP contribution in [0, 0.1) is 0 Å². The third kappa shape index (κ3) is 4.99. The summed E-state index contributed by atoms with van der Waals surface area (Å²) in [7, 11) is 3.71. The fraction of sp³-hybridized carbons (Fsp3) is 0.600. The zero-order valence-electron chi connectivity index (χ0n) is 12.8. The van der Waals surface area contributed by atoms with Crippen LogP contribution in [0.25, 0.3) is 0 Å². The average Bonchev–Trinajstić information content (AvgIpc) is 2.53. The Morgan fingerprint density at radius 1 is 1.33 bits per heavy atom. The number of carbonyl (C=O) groups excluding carboxylic acids is 1. The lowest BCUT2D eigenvalue weighted by Crippen LogP contribution is -2.45. The Hall–Kier alpha value is -1.66. The monoisotopic (exact) mass is 292 g/mol. The van der Waals surface area contributed by atoms with Gasteiger partial charge >= 0.3 is 0 Å². The maximum Gasteiger partial charge on any atom is 0.252 e. The lowest BCUT2D eigenvalue weighted by atomic mass is 10.2. The quantitative estimate of drug-likeness (QED) is 0.772. The number of carbonyl (C=O) groups is 1. The summed E-state index contributed by atoms with van der Waals surface area (Å²) in [6.07, 6.45) is 2.51. The zero-order chi connectivity index (χ0) is 15.1. The van der Waals surface area contributed by atoms with E-state index in [4.69, 9.17) is 4.74 Å². The molecule has 1 aromatic rings. The number of amides is 1. The van der Waals surface area contributed by atoms with E-state index in [9.17, 15) is 4.79 Å². The average molecular weight is 292 g/mol. The van der Waals surface area contributed by atoms with Crippen molar-refractivity contribution in [1.82, 2.24) is 20.1 Å². The second-order valence-corrected chi connectivity index (χ2v) is 5.34. The molecule has 1 N–H and O–H groups in total. The summed E-state index contributed by atoms with van der Waals surface area (Å²) in [6, 6.07) is 3.42. The first-order chi connectivity index (χ1) is 10.2. The number of hydrogen-bond acceptors (Lipinski definition) is 5. The van der Waals surface area contributed by atoms with Crippen molar-refractivity contribution in [3.8, 4) is 5.88 Å². The molecule has 0 bridgehead atoms. The fourth-order valence-electron chi connectivity index (χ4n) is 2.31. The van der Waals surface area contributed by atoms with E-state index in [0.717, 1.165) is 39.1 Å². The first kappa shape index (κ1) is 15.7.